The highest BCUT2D eigenvalue weighted by Gasteiger charge is 2.27. The number of halogens is 1. The minimum absolute atomic E-state index is 0.153. The SMILES string of the molecule is CC(=O)OC1CCc2c(Br)ccnc21. The normalized spacial score (nSPS) is 19.1. The zero-order chi connectivity index (χ0) is 10.1. The van der Waals surface area contributed by atoms with Gasteiger partial charge in [0.25, 0.3) is 0 Å². The molecule has 3 nitrogen and oxygen atoms in total. The monoisotopic (exact) mass is 255 g/mol. The predicted molar refractivity (Wildman–Crippen MR) is 54.8 cm³/mol. The molecule has 0 saturated heterocycles. The topological polar surface area (TPSA) is 39.2 Å². The molecule has 0 aromatic carbocycles. The Morgan fingerprint density at radius 3 is 3.21 bits per heavy atom. The lowest BCUT2D eigenvalue weighted by Gasteiger charge is -2.10. The Morgan fingerprint density at radius 2 is 2.50 bits per heavy atom. The number of hydrogen-bond acceptors (Lipinski definition) is 3. The smallest absolute Gasteiger partial charge is 0.303 e. The van der Waals surface area contributed by atoms with Crippen LogP contribution in [0.3, 0.4) is 0 Å². The van der Waals surface area contributed by atoms with Crippen molar-refractivity contribution >= 4 is 21.9 Å². The molecule has 0 radical (unpaired) electrons. The summed E-state index contributed by atoms with van der Waals surface area (Å²) in [6.45, 7) is 1.43. The molecule has 0 aliphatic heterocycles. The Bertz CT molecular complexity index is 378. The van der Waals surface area contributed by atoms with E-state index in [-0.39, 0.29) is 12.1 Å². The Kier molecular flexibility index (Phi) is 2.54. The molecule has 1 heterocycles. The van der Waals surface area contributed by atoms with Gasteiger partial charge in [0.15, 0.2) is 0 Å². The molecule has 1 atom stereocenters. The minimum atomic E-state index is -0.246. The lowest BCUT2D eigenvalue weighted by Crippen LogP contribution is -2.06. The number of fused-ring (bicyclic) bond motifs is 1. The van der Waals surface area contributed by atoms with Crippen LogP contribution in [-0.4, -0.2) is 11.0 Å². The molecule has 0 fully saturated rings. The van der Waals surface area contributed by atoms with Crippen molar-refractivity contribution in [3.63, 3.8) is 0 Å². The van der Waals surface area contributed by atoms with E-state index in [0.717, 1.165) is 23.0 Å². The summed E-state index contributed by atoms with van der Waals surface area (Å²) in [4.78, 5) is 15.1. The molecule has 1 aromatic rings. The van der Waals surface area contributed by atoms with Crippen molar-refractivity contribution in [3.05, 3.63) is 28.0 Å². The van der Waals surface area contributed by atoms with Gasteiger partial charge in [-0.2, -0.15) is 0 Å². The standard InChI is InChI=1S/C10H10BrNO2/c1-6(13)14-9-3-2-7-8(11)4-5-12-10(7)9/h4-5,9H,2-3H2,1H3. The van der Waals surface area contributed by atoms with E-state index in [9.17, 15) is 4.79 Å². The lowest BCUT2D eigenvalue weighted by atomic mass is 10.2. The molecule has 1 unspecified atom stereocenters. The highest BCUT2D eigenvalue weighted by molar-refractivity contribution is 9.10. The summed E-state index contributed by atoms with van der Waals surface area (Å²) in [7, 11) is 0. The number of aromatic nitrogens is 1. The first-order valence-electron chi connectivity index (χ1n) is 4.49. The molecule has 0 amide bonds. The maximum Gasteiger partial charge on any atom is 0.303 e. The Labute approximate surface area is 90.6 Å². The second-order valence-corrected chi connectivity index (χ2v) is 4.15. The molecule has 74 valence electrons. The van der Waals surface area contributed by atoms with Gasteiger partial charge in [-0.3, -0.25) is 9.78 Å². The number of pyridine rings is 1. The molecule has 14 heavy (non-hydrogen) atoms. The first-order chi connectivity index (χ1) is 6.68. The van der Waals surface area contributed by atoms with E-state index in [4.69, 9.17) is 4.74 Å². The molecular weight excluding hydrogens is 246 g/mol. The van der Waals surface area contributed by atoms with Crippen LogP contribution in [0.15, 0.2) is 16.7 Å². The summed E-state index contributed by atoms with van der Waals surface area (Å²) in [5.74, 6) is -0.246. The van der Waals surface area contributed by atoms with Gasteiger partial charge in [-0.15, -0.1) is 0 Å². The number of carbonyl (C=O) groups is 1. The zero-order valence-electron chi connectivity index (χ0n) is 7.79. The maximum atomic E-state index is 10.8. The summed E-state index contributed by atoms with van der Waals surface area (Å²) in [5, 5.41) is 0. The second kappa shape index (κ2) is 3.69. The van der Waals surface area contributed by atoms with Crippen LogP contribution in [0, 0.1) is 0 Å². The maximum absolute atomic E-state index is 10.8. The van der Waals surface area contributed by atoms with Gasteiger partial charge in [0.2, 0.25) is 0 Å². The first kappa shape index (κ1) is 9.65. The van der Waals surface area contributed by atoms with Crippen molar-refractivity contribution in [2.45, 2.75) is 25.9 Å². The number of ether oxygens (including phenoxy) is 1. The van der Waals surface area contributed by atoms with Crippen LogP contribution in [-0.2, 0) is 16.0 Å². The second-order valence-electron chi connectivity index (χ2n) is 3.29. The van der Waals surface area contributed by atoms with Crippen molar-refractivity contribution in [3.8, 4) is 0 Å². The molecule has 4 heteroatoms. The van der Waals surface area contributed by atoms with Crippen LogP contribution in [0.25, 0.3) is 0 Å². The van der Waals surface area contributed by atoms with Crippen molar-refractivity contribution in [2.24, 2.45) is 0 Å². The quantitative estimate of drug-likeness (QED) is 0.724. The third-order valence-electron chi connectivity index (χ3n) is 2.30. The fourth-order valence-electron chi connectivity index (χ4n) is 1.74. The van der Waals surface area contributed by atoms with E-state index in [1.807, 2.05) is 6.07 Å². The zero-order valence-corrected chi connectivity index (χ0v) is 9.37. The fourth-order valence-corrected chi connectivity index (χ4v) is 2.26. The Hall–Kier alpha value is -0.900. The van der Waals surface area contributed by atoms with Crippen molar-refractivity contribution in [1.82, 2.24) is 4.98 Å². The highest BCUT2D eigenvalue weighted by atomic mass is 79.9. The largest absolute Gasteiger partial charge is 0.456 e. The van der Waals surface area contributed by atoms with Gasteiger partial charge in [-0.05, 0) is 24.5 Å². The summed E-state index contributed by atoms with van der Waals surface area (Å²) in [6, 6.07) is 1.91. The first-order valence-corrected chi connectivity index (χ1v) is 5.28. The summed E-state index contributed by atoms with van der Waals surface area (Å²) in [6.07, 6.45) is 3.33. The van der Waals surface area contributed by atoms with E-state index < -0.39 is 0 Å². The molecule has 1 aliphatic carbocycles. The third kappa shape index (κ3) is 1.66. The van der Waals surface area contributed by atoms with Crippen LogP contribution >= 0.6 is 15.9 Å². The van der Waals surface area contributed by atoms with Gasteiger partial charge >= 0.3 is 5.97 Å². The average molecular weight is 256 g/mol. The molecule has 1 aliphatic rings. The van der Waals surface area contributed by atoms with E-state index in [1.165, 1.54) is 12.5 Å². The van der Waals surface area contributed by atoms with E-state index >= 15 is 0 Å². The van der Waals surface area contributed by atoms with Gasteiger partial charge in [0, 0.05) is 17.6 Å². The Balaban J connectivity index is 2.30. The lowest BCUT2D eigenvalue weighted by molar-refractivity contribution is -0.146. The number of nitrogens with zero attached hydrogens (tertiary/aromatic N) is 1. The summed E-state index contributed by atoms with van der Waals surface area (Å²) >= 11 is 3.46. The number of carbonyl (C=O) groups excluding carboxylic acids is 1. The minimum Gasteiger partial charge on any atom is -0.456 e. The van der Waals surface area contributed by atoms with E-state index in [1.54, 1.807) is 6.20 Å². The summed E-state index contributed by atoms with van der Waals surface area (Å²) in [5.41, 5.74) is 2.06. The predicted octanol–water partition coefficient (Wildman–Crippen LogP) is 2.39. The van der Waals surface area contributed by atoms with Crippen LogP contribution in [0.5, 0.6) is 0 Å². The highest BCUT2D eigenvalue weighted by Crippen LogP contribution is 2.36. The van der Waals surface area contributed by atoms with E-state index in [0.29, 0.717) is 0 Å². The number of rotatable bonds is 1. The van der Waals surface area contributed by atoms with Gasteiger partial charge in [0.05, 0.1) is 5.69 Å². The van der Waals surface area contributed by atoms with Crippen LogP contribution in [0.1, 0.15) is 30.7 Å². The molecule has 0 bridgehead atoms. The van der Waals surface area contributed by atoms with Crippen molar-refractivity contribution in [2.75, 3.05) is 0 Å². The van der Waals surface area contributed by atoms with Gasteiger partial charge in [-0.25, -0.2) is 0 Å². The molecule has 0 spiro atoms. The molecule has 0 N–H and O–H groups in total. The summed E-state index contributed by atoms with van der Waals surface area (Å²) < 4.78 is 6.22. The third-order valence-corrected chi connectivity index (χ3v) is 3.04. The molecule has 0 saturated carbocycles. The average Bonchev–Trinajstić information content (AvgIpc) is 2.49. The van der Waals surface area contributed by atoms with Crippen LogP contribution < -0.4 is 0 Å². The Morgan fingerprint density at radius 1 is 1.71 bits per heavy atom. The fraction of sp³-hybridized carbons (Fsp3) is 0.400. The number of esters is 1. The van der Waals surface area contributed by atoms with Crippen molar-refractivity contribution < 1.29 is 9.53 Å². The van der Waals surface area contributed by atoms with Gasteiger partial charge in [0.1, 0.15) is 6.10 Å². The van der Waals surface area contributed by atoms with Gasteiger partial charge < -0.3 is 4.74 Å². The van der Waals surface area contributed by atoms with Crippen LogP contribution in [0.2, 0.25) is 0 Å². The molecule has 2 rings (SSSR count). The van der Waals surface area contributed by atoms with E-state index in [2.05, 4.69) is 20.9 Å². The molecular formula is C10H10BrNO2. The number of hydrogen-bond donors (Lipinski definition) is 0. The van der Waals surface area contributed by atoms with Crippen molar-refractivity contribution in [1.29, 1.82) is 0 Å². The molecule has 1 aromatic heterocycles. The van der Waals surface area contributed by atoms with Crippen LogP contribution in [0.4, 0.5) is 0 Å². The van der Waals surface area contributed by atoms with Gasteiger partial charge in [-0.1, -0.05) is 15.9 Å².